The molecule has 1 amide bonds. The number of hydrogen-bond acceptors (Lipinski definition) is 3. The van der Waals surface area contributed by atoms with Gasteiger partial charge in [-0.3, -0.25) is 14.4 Å². The summed E-state index contributed by atoms with van der Waals surface area (Å²) in [5, 5.41) is 2.53. The quantitative estimate of drug-likeness (QED) is 0.623. The molecule has 2 aliphatic rings. The molecule has 0 aliphatic heterocycles. The average Bonchev–Trinajstić information content (AvgIpc) is 2.31. The van der Waals surface area contributed by atoms with E-state index < -0.39 is 11.8 Å². The number of hydrogen-bond donors (Lipinski definition) is 1. The van der Waals surface area contributed by atoms with Gasteiger partial charge in [0.05, 0.1) is 10.8 Å². The van der Waals surface area contributed by atoms with Crippen LogP contribution in [-0.4, -0.2) is 34.3 Å². The second kappa shape index (κ2) is 6.25. The number of nitrogens with one attached hydrogen (secondary N) is 1. The summed E-state index contributed by atoms with van der Waals surface area (Å²) in [6.07, 6.45) is 2.55. The van der Waals surface area contributed by atoms with Gasteiger partial charge in [-0.05, 0) is 24.7 Å². The normalized spacial score (nSPS) is 33.8. The van der Waals surface area contributed by atoms with Crippen LogP contribution >= 0.6 is 23.2 Å². The van der Waals surface area contributed by atoms with Crippen molar-refractivity contribution in [3.8, 4) is 0 Å². The highest BCUT2D eigenvalue weighted by Crippen LogP contribution is 2.34. The summed E-state index contributed by atoms with van der Waals surface area (Å²) >= 11 is 12.2. The van der Waals surface area contributed by atoms with Crippen LogP contribution in [0.2, 0.25) is 0 Å². The van der Waals surface area contributed by atoms with Crippen LogP contribution in [0.5, 0.6) is 0 Å². The molecule has 0 heterocycles. The third-order valence-corrected chi connectivity index (χ3v) is 5.38. The SMILES string of the molecule is CC1(C)CC(=O)C(C(=O)NC2CCC(Cl)C(Cl)C2)C(=O)C1. The second-order valence-corrected chi connectivity index (χ2v) is 8.06. The Kier molecular flexibility index (Phi) is 4.99. The number of carbonyl (C=O) groups excluding carboxylic acids is 3. The number of Topliss-reactive ketones (excluding diaryl/α,β-unsaturated/α-hetero) is 2. The molecule has 3 unspecified atom stereocenters. The van der Waals surface area contributed by atoms with Crippen molar-refractivity contribution < 1.29 is 14.4 Å². The van der Waals surface area contributed by atoms with Crippen LogP contribution in [0.1, 0.15) is 46.0 Å². The van der Waals surface area contributed by atoms with E-state index in [4.69, 9.17) is 23.2 Å². The Labute approximate surface area is 134 Å². The van der Waals surface area contributed by atoms with Gasteiger partial charge in [0.1, 0.15) is 0 Å². The molecule has 2 aliphatic carbocycles. The first kappa shape index (κ1) is 16.8. The number of alkyl halides is 2. The summed E-state index contributed by atoms with van der Waals surface area (Å²) in [4.78, 5) is 36.4. The van der Waals surface area contributed by atoms with Crippen LogP contribution in [0.3, 0.4) is 0 Å². The van der Waals surface area contributed by atoms with E-state index in [2.05, 4.69) is 5.32 Å². The van der Waals surface area contributed by atoms with E-state index in [0.717, 1.165) is 12.8 Å². The molecule has 4 nitrogen and oxygen atoms in total. The first-order chi connectivity index (χ1) is 9.69. The van der Waals surface area contributed by atoms with E-state index in [1.807, 2.05) is 13.8 Å². The molecule has 2 saturated carbocycles. The van der Waals surface area contributed by atoms with E-state index in [9.17, 15) is 14.4 Å². The first-order valence-electron chi connectivity index (χ1n) is 7.33. The summed E-state index contributed by atoms with van der Waals surface area (Å²) in [5.74, 6) is -2.16. The lowest BCUT2D eigenvalue weighted by atomic mass is 9.71. The summed E-state index contributed by atoms with van der Waals surface area (Å²) in [5.41, 5.74) is -0.344. The molecule has 0 aromatic carbocycles. The molecule has 0 aromatic heterocycles. The Morgan fingerprint density at radius 3 is 2.19 bits per heavy atom. The van der Waals surface area contributed by atoms with Gasteiger partial charge in [-0.1, -0.05) is 13.8 Å². The van der Waals surface area contributed by atoms with Gasteiger partial charge in [0, 0.05) is 18.9 Å². The highest BCUT2D eigenvalue weighted by Gasteiger charge is 2.44. The van der Waals surface area contributed by atoms with Gasteiger partial charge in [-0.15, -0.1) is 23.2 Å². The maximum Gasteiger partial charge on any atom is 0.238 e. The molecule has 6 heteroatoms. The predicted octanol–water partition coefficient (Wildman–Crippen LogP) is 2.44. The minimum absolute atomic E-state index is 0.0847. The Balaban J connectivity index is 1.97. The Morgan fingerprint density at radius 1 is 1.10 bits per heavy atom. The highest BCUT2D eigenvalue weighted by atomic mass is 35.5. The standard InChI is InChI=1S/C15H21Cl2NO3/c1-15(2)6-11(19)13(12(20)7-15)14(21)18-8-3-4-9(16)10(17)5-8/h8-10,13H,3-7H2,1-2H3,(H,18,21). The molecule has 0 saturated heterocycles. The number of carbonyl (C=O) groups is 3. The van der Waals surface area contributed by atoms with Crippen LogP contribution in [0, 0.1) is 11.3 Å². The molecule has 2 fully saturated rings. The maximum absolute atomic E-state index is 12.3. The van der Waals surface area contributed by atoms with Crippen LogP contribution < -0.4 is 5.32 Å². The third-order valence-electron chi connectivity index (χ3n) is 4.25. The van der Waals surface area contributed by atoms with Gasteiger partial charge in [0.15, 0.2) is 17.5 Å². The van der Waals surface area contributed by atoms with Crippen molar-refractivity contribution in [1.29, 1.82) is 0 Å². The molecular weight excluding hydrogens is 313 g/mol. The molecule has 3 atom stereocenters. The van der Waals surface area contributed by atoms with E-state index in [1.54, 1.807) is 0 Å². The van der Waals surface area contributed by atoms with Gasteiger partial charge in [-0.25, -0.2) is 0 Å². The minimum atomic E-state index is -1.14. The van der Waals surface area contributed by atoms with Crippen LogP contribution in [0.15, 0.2) is 0 Å². The summed E-state index contributed by atoms with van der Waals surface area (Å²) < 4.78 is 0. The van der Waals surface area contributed by atoms with Gasteiger partial charge in [0.25, 0.3) is 0 Å². The zero-order valence-electron chi connectivity index (χ0n) is 12.3. The molecule has 0 radical (unpaired) electrons. The lowest BCUT2D eigenvalue weighted by Crippen LogP contribution is -2.50. The second-order valence-electron chi connectivity index (χ2n) is 6.93. The van der Waals surface area contributed by atoms with Crippen molar-refractivity contribution in [2.24, 2.45) is 11.3 Å². The fourth-order valence-corrected chi connectivity index (χ4v) is 3.75. The number of ketones is 2. The topological polar surface area (TPSA) is 63.2 Å². The molecule has 0 bridgehead atoms. The molecule has 0 aromatic rings. The average molecular weight is 334 g/mol. The lowest BCUT2D eigenvalue weighted by Gasteiger charge is -2.34. The fraction of sp³-hybridized carbons (Fsp3) is 0.800. The third kappa shape index (κ3) is 3.98. The lowest BCUT2D eigenvalue weighted by molar-refractivity contribution is -0.146. The van der Waals surface area contributed by atoms with Crippen molar-refractivity contribution in [2.45, 2.75) is 62.7 Å². The Hall–Kier alpha value is -0.610. The smallest absolute Gasteiger partial charge is 0.238 e. The Morgan fingerprint density at radius 2 is 1.67 bits per heavy atom. The molecule has 21 heavy (non-hydrogen) atoms. The van der Waals surface area contributed by atoms with Gasteiger partial charge in [0.2, 0.25) is 5.91 Å². The predicted molar refractivity (Wildman–Crippen MR) is 81.6 cm³/mol. The van der Waals surface area contributed by atoms with Crippen molar-refractivity contribution in [2.75, 3.05) is 0 Å². The summed E-state index contributed by atoms with van der Waals surface area (Å²) in [6.45, 7) is 3.74. The molecule has 1 N–H and O–H groups in total. The number of amides is 1. The highest BCUT2D eigenvalue weighted by molar-refractivity contribution is 6.30. The number of rotatable bonds is 2. The van der Waals surface area contributed by atoms with Crippen LogP contribution in [0.25, 0.3) is 0 Å². The monoisotopic (exact) mass is 333 g/mol. The van der Waals surface area contributed by atoms with E-state index >= 15 is 0 Å². The van der Waals surface area contributed by atoms with Gasteiger partial charge >= 0.3 is 0 Å². The molecule has 2 rings (SSSR count). The summed E-state index contributed by atoms with van der Waals surface area (Å²) in [6, 6.07) is -0.106. The van der Waals surface area contributed by atoms with Crippen molar-refractivity contribution in [3.63, 3.8) is 0 Å². The van der Waals surface area contributed by atoms with Crippen molar-refractivity contribution in [1.82, 2.24) is 5.32 Å². The molecule has 118 valence electrons. The first-order valence-corrected chi connectivity index (χ1v) is 8.21. The fourth-order valence-electron chi connectivity index (χ4n) is 3.18. The van der Waals surface area contributed by atoms with E-state index in [1.165, 1.54) is 0 Å². The molecule has 0 spiro atoms. The van der Waals surface area contributed by atoms with Crippen LogP contribution in [0.4, 0.5) is 0 Å². The minimum Gasteiger partial charge on any atom is -0.352 e. The van der Waals surface area contributed by atoms with Gasteiger partial charge < -0.3 is 5.32 Å². The van der Waals surface area contributed by atoms with Crippen LogP contribution in [-0.2, 0) is 14.4 Å². The largest absolute Gasteiger partial charge is 0.352 e. The van der Waals surface area contributed by atoms with Crippen molar-refractivity contribution in [3.05, 3.63) is 0 Å². The zero-order valence-corrected chi connectivity index (χ0v) is 13.8. The van der Waals surface area contributed by atoms with E-state index in [0.29, 0.717) is 6.42 Å². The van der Waals surface area contributed by atoms with Gasteiger partial charge in [-0.2, -0.15) is 0 Å². The zero-order chi connectivity index (χ0) is 15.8. The maximum atomic E-state index is 12.3. The molecular formula is C15H21Cl2NO3. The Bertz CT molecular complexity index is 444. The van der Waals surface area contributed by atoms with E-state index in [-0.39, 0.29) is 46.6 Å². The number of halogens is 2. The van der Waals surface area contributed by atoms with Crippen molar-refractivity contribution >= 4 is 40.7 Å². The summed E-state index contributed by atoms with van der Waals surface area (Å²) in [7, 11) is 0.